The van der Waals surface area contributed by atoms with Gasteiger partial charge in [-0.05, 0) is 55.7 Å². The summed E-state index contributed by atoms with van der Waals surface area (Å²) in [5, 5.41) is 2.90. The van der Waals surface area contributed by atoms with Gasteiger partial charge in [-0.15, -0.1) is 0 Å². The van der Waals surface area contributed by atoms with Crippen LogP contribution in [0.5, 0.6) is 11.5 Å². The molecule has 6 nitrogen and oxygen atoms in total. The van der Waals surface area contributed by atoms with Crippen molar-refractivity contribution in [3.63, 3.8) is 0 Å². The third kappa shape index (κ3) is 4.48. The quantitative estimate of drug-likeness (QED) is 0.413. The van der Waals surface area contributed by atoms with Crippen molar-refractivity contribution in [2.24, 2.45) is 0 Å². The number of fused-ring (bicyclic) bond motifs is 1. The highest BCUT2D eigenvalue weighted by atomic mass is 16.5. The molecule has 0 fully saturated rings. The van der Waals surface area contributed by atoms with Gasteiger partial charge in [-0.2, -0.15) is 0 Å². The second kappa shape index (κ2) is 9.35. The summed E-state index contributed by atoms with van der Waals surface area (Å²) in [6, 6.07) is 15.8. The molecular weight excluding hydrogens is 430 g/mol. The average molecular weight is 456 g/mol. The fourth-order valence-corrected chi connectivity index (χ4v) is 4.16. The topological polar surface area (TPSA) is 81.7 Å². The number of hydrogen-bond donors (Lipinski definition) is 1. The molecule has 0 spiro atoms. The van der Waals surface area contributed by atoms with Crippen LogP contribution in [0, 0.1) is 20.8 Å². The molecule has 3 aromatic rings. The van der Waals surface area contributed by atoms with E-state index in [4.69, 9.17) is 9.47 Å². The normalized spacial score (nSPS) is 12.4. The van der Waals surface area contributed by atoms with E-state index in [1.807, 2.05) is 32.9 Å². The summed E-state index contributed by atoms with van der Waals surface area (Å²) in [5.74, 6) is -0.107. The van der Waals surface area contributed by atoms with E-state index in [9.17, 15) is 14.4 Å². The molecule has 0 heterocycles. The molecule has 0 saturated carbocycles. The van der Waals surface area contributed by atoms with Gasteiger partial charge in [0.25, 0.3) is 5.91 Å². The van der Waals surface area contributed by atoms with E-state index in [1.54, 1.807) is 48.5 Å². The molecule has 172 valence electrons. The minimum atomic E-state index is -0.293. The van der Waals surface area contributed by atoms with Gasteiger partial charge in [0.1, 0.15) is 0 Å². The van der Waals surface area contributed by atoms with Crippen LogP contribution in [0.15, 0.2) is 60.2 Å². The molecule has 1 aliphatic rings. The lowest BCUT2D eigenvalue weighted by Crippen LogP contribution is -2.21. The third-order valence-corrected chi connectivity index (χ3v) is 5.70. The second-order valence-electron chi connectivity index (χ2n) is 8.28. The van der Waals surface area contributed by atoms with Crippen LogP contribution in [0.4, 0.5) is 5.69 Å². The molecule has 0 aromatic heterocycles. The van der Waals surface area contributed by atoms with E-state index >= 15 is 0 Å². The monoisotopic (exact) mass is 455 g/mol. The lowest BCUT2D eigenvalue weighted by Gasteiger charge is -2.14. The lowest BCUT2D eigenvalue weighted by molar-refractivity contribution is -0.118. The molecular formula is C28H25NO5. The molecule has 0 unspecified atom stereocenters. The molecule has 34 heavy (non-hydrogen) atoms. The van der Waals surface area contributed by atoms with Crippen molar-refractivity contribution in [2.75, 3.05) is 19.0 Å². The Morgan fingerprint density at radius 2 is 1.50 bits per heavy atom. The van der Waals surface area contributed by atoms with Gasteiger partial charge in [0.2, 0.25) is 0 Å². The maximum absolute atomic E-state index is 12.6. The van der Waals surface area contributed by atoms with E-state index in [-0.39, 0.29) is 29.7 Å². The highest BCUT2D eigenvalue weighted by Gasteiger charge is 2.32. The predicted octanol–water partition coefficient (Wildman–Crippen LogP) is 5.10. The summed E-state index contributed by atoms with van der Waals surface area (Å²) < 4.78 is 11.1. The number of methoxy groups -OCH3 is 1. The molecule has 0 bridgehead atoms. The Hall–Kier alpha value is -4.19. The zero-order valence-electron chi connectivity index (χ0n) is 19.5. The molecule has 1 amide bonds. The van der Waals surface area contributed by atoms with E-state index in [0.717, 1.165) is 22.4 Å². The van der Waals surface area contributed by atoms with Crippen molar-refractivity contribution in [3.8, 4) is 11.5 Å². The summed E-state index contributed by atoms with van der Waals surface area (Å²) in [5.41, 5.74) is 5.43. The molecule has 0 aliphatic heterocycles. The molecule has 1 aliphatic carbocycles. The Kier molecular flexibility index (Phi) is 6.32. The fraction of sp³-hybridized carbons (Fsp3) is 0.179. The first-order chi connectivity index (χ1) is 16.3. The first kappa shape index (κ1) is 23.0. The number of carbonyl (C=O) groups excluding carboxylic acids is 3. The molecule has 6 heteroatoms. The van der Waals surface area contributed by atoms with E-state index in [2.05, 4.69) is 5.32 Å². The number of carbonyl (C=O) groups is 3. The molecule has 1 N–H and O–H groups in total. The van der Waals surface area contributed by atoms with Gasteiger partial charge in [-0.1, -0.05) is 48.0 Å². The maximum Gasteiger partial charge on any atom is 0.262 e. The van der Waals surface area contributed by atoms with Gasteiger partial charge in [-0.25, -0.2) is 0 Å². The summed E-state index contributed by atoms with van der Waals surface area (Å²) in [6.45, 7) is 5.71. The van der Waals surface area contributed by atoms with Crippen LogP contribution in [0.1, 0.15) is 43.0 Å². The molecule has 4 rings (SSSR count). The van der Waals surface area contributed by atoms with Crippen LogP contribution in [0.2, 0.25) is 0 Å². The SMILES string of the molecule is COc1cc(C=C2C(=O)c3ccccc3C2=O)ccc1OCC(=O)Nc1c(C)cc(C)cc1C. The first-order valence-corrected chi connectivity index (χ1v) is 10.9. The first-order valence-electron chi connectivity index (χ1n) is 10.9. The van der Waals surface area contributed by atoms with Crippen molar-refractivity contribution in [2.45, 2.75) is 20.8 Å². The third-order valence-electron chi connectivity index (χ3n) is 5.70. The lowest BCUT2D eigenvalue weighted by atomic mass is 10.1. The number of rotatable bonds is 6. The Balaban J connectivity index is 1.48. The number of ketones is 2. The van der Waals surface area contributed by atoms with Crippen LogP contribution in [0.25, 0.3) is 6.08 Å². The number of hydrogen-bond acceptors (Lipinski definition) is 5. The van der Waals surface area contributed by atoms with Gasteiger partial charge >= 0.3 is 0 Å². The van der Waals surface area contributed by atoms with Crippen molar-refractivity contribution in [3.05, 3.63) is 93.6 Å². The minimum Gasteiger partial charge on any atom is -0.493 e. The fourth-order valence-electron chi connectivity index (χ4n) is 4.16. The molecule has 3 aromatic carbocycles. The molecule has 0 saturated heterocycles. The van der Waals surface area contributed by atoms with Crippen LogP contribution in [-0.2, 0) is 4.79 Å². The number of ether oxygens (including phenoxy) is 2. The van der Waals surface area contributed by atoms with Crippen LogP contribution in [-0.4, -0.2) is 31.2 Å². The number of aryl methyl sites for hydroxylation is 3. The Bertz CT molecular complexity index is 1290. The standard InChI is InChI=1S/C28H25NO5/c1-16-11-17(2)26(18(3)12-16)29-25(30)15-34-23-10-9-19(14-24(23)33-4)13-22-27(31)20-7-5-6-8-21(20)28(22)32/h5-14H,15H2,1-4H3,(H,29,30). The zero-order chi connectivity index (χ0) is 24.4. The van der Waals surface area contributed by atoms with Gasteiger partial charge in [0, 0.05) is 16.8 Å². The maximum atomic E-state index is 12.6. The zero-order valence-corrected chi connectivity index (χ0v) is 19.5. The van der Waals surface area contributed by atoms with E-state index in [1.165, 1.54) is 7.11 Å². The summed E-state index contributed by atoms with van der Waals surface area (Å²) in [7, 11) is 1.49. The van der Waals surface area contributed by atoms with Gasteiger partial charge in [0.05, 0.1) is 12.7 Å². The van der Waals surface area contributed by atoms with Gasteiger partial charge < -0.3 is 14.8 Å². The van der Waals surface area contributed by atoms with Crippen molar-refractivity contribution < 1.29 is 23.9 Å². The Morgan fingerprint density at radius 1 is 0.882 bits per heavy atom. The Labute approximate surface area is 198 Å². The van der Waals surface area contributed by atoms with Gasteiger partial charge in [-0.3, -0.25) is 14.4 Å². The summed E-state index contributed by atoms with van der Waals surface area (Å²) >= 11 is 0. The number of Topliss-reactive ketones (excluding diaryl/α,β-unsaturated/α-hetero) is 2. The minimum absolute atomic E-state index is 0.111. The van der Waals surface area contributed by atoms with Gasteiger partial charge in [0.15, 0.2) is 29.7 Å². The van der Waals surface area contributed by atoms with Crippen LogP contribution < -0.4 is 14.8 Å². The number of benzene rings is 3. The number of nitrogens with one attached hydrogen (secondary N) is 1. The van der Waals surface area contributed by atoms with Crippen molar-refractivity contribution >= 4 is 29.2 Å². The van der Waals surface area contributed by atoms with Crippen molar-refractivity contribution in [1.29, 1.82) is 0 Å². The molecule has 0 atom stereocenters. The second-order valence-corrected chi connectivity index (χ2v) is 8.28. The van der Waals surface area contributed by atoms with E-state index in [0.29, 0.717) is 28.2 Å². The Morgan fingerprint density at radius 3 is 2.09 bits per heavy atom. The van der Waals surface area contributed by atoms with Crippen molar-refractivity contribution in [1.82, 2.24) is 0 Å². The van der Waals surface area contributed by atoms with E-state index < -0.39 is 0 Å². The number of anilines is 1. The summed E-state index contributed by atoms with van der Waals surface area (Å²) in [6.07, 6.45) is 1.55. The predicted molar refractivity (Wildman–Crippen MR) is 131 cm³/mol. The number of allylic oxidation sites excluding steroid dienone is 1. The smallest absolute Gasteiger partial charge is 0.262 e. The highest BCUT2D eigenvalue weighted by Crippen LogP contribution is 2.32. The largest absolute Gasteiger partial charge is 0.493 e. The molecule has 0 radical (unpaired) electrons. The van der Waals surface area contributed by atoms with Crippen LogP contribution >= 0.6 is 0 Å². The average Bonchev–Trinajstić information content (AvgIpc) is 3.05. The summed E-state index contributed by atoms with van der Waals surface area (Å²) in [4.78, 5) is 37.8. The van der Waals surface area contributed by atoms with Crippen LogP contribution in [0.3, 0.4) is 0 Å². The highest BCUT2D eigenvalue weighted by molar-refractivity contribution is 6.41. The number of amides is 1.